The van der Waals surface area contributed by atoms with E-state index in [0.717, 1.165) is 10.6 Å². The Kier molecular flexibility index (Phi) is 6.81. The molecule has 0 saturated carbocycles. The molecule has 0 unspecified atom stereocenters. The molecule has 2 N–H and O–H groups in total. The molecular formula is C21H24N6O4. The number of amides is 3. The Hall–Kier alpha value is -3.95. The van der Waals surface area contributed by atoms with Crippen LogP contribution in [-0.4, -0.2) is 51.1 Å². The number of fused-ring (bicyclic) bond motifs is 1. The molecule has 0 spiro atoms. The first-order valence-corrected chi connectivity index (χ1v) is 9.73. The van der Waals surface area contributed by atoms with E-state index >= 15 is 0 Å². The summed E-state index contributed by atoms with van der Waals surface area (Å²) >= 11 is 0. The van der Waals surface area contributed by atoms with E-state index in [9.17, 15) is 14.4 Å². The minimum absolute atomic E-state index is 0.0641. The number of urea groups is 1. The smallest absolute Gasteiger partial charge is 0.426 e. The van der Waals surface area contributed by atoms with Crippen LogP contribution in [0.1, 0.15) is 24.2 Å². The van der Waals surface area contributed by atoms with Crippen molar-refractivity contribution >= 4 is 29.1 Å². The second-order valence-corrected chi connectivity index (χ2v) is 7.23. The lowest BCUT2D eigenvalue weighted by Crippen LogP contribution is -2.55. The van der Waals surface area contributed by atoms with Gasteiger partial charge in [-0.25, -0.2) is 20.0 Å². The van der Waals surface area contributed by atoms with Crippen molar-refractivity contribution in [3.05, 3.63) is 60.2 Å². The van der Waals surface area contributed by atoms with Crippen LogP contribution in [0.3, 0.4) is 0 Å². The summed E-state index contributed by atoms with van der Waals surface area (Å²) in [4.78, 5) is 37.5. The lowest BCUT2D eigenvalue weighted by molar-refractivity contribution is 0.0811. The molecule has 10 nitrogen and oxygen atoms in total. The van der Waals surface area contributed by atoms with E-state index in [1.54, 1.807) is 38.1 Å². The molecule has 1 heterocycles. The van der Waals surface area contributed by atoms with E-state index in [1.165, 1.54) is 11.7 Å². The Labute approximate surface area is 179 Å². The molecule has 1 atom stereocenters. The molecule has 31 heavy (non-hydrogen) atoms. The normalized spacial score (nSPS) is 11.7. The number of para-hydroxylation sites is 1. The second-order valence-electron chi connectivity index (χ2n) is 7.23. The zero-order chi connectivity index (χ0) is 22.4. The van der Waals surface area contributed by atoms with Crippen LogP contribution in [0.15, 0.2) is 54.6 Å². The molecule has 3 amide bonds. The minimum atomic E-state index is -0.887. The summed E-state index contributed by atoms with van der Waals surface area (Å²) in [5, 5.41) is 11.4. The van der Waals surface area contributed by atoms with Crippen molar-refractivity contribution in [2.24, 2.45) is 5.92 Å². The molecule has 3 rings (SSSR count). The van der Waals surface area contributed by atoms with Gasteiger partial charge < -0.3 is 10.1 Å². The van der Waals surface area contributed by atoms with Crippen LogP contribution in [0.2, 0.25) is 0 Å². The summed E-state index contributed by atoms with van der Waals surface area (Å²) in [5.74, 6) is -0.671. The number of hydrogen-bond acceptors (Lipinski definition) is 6. The SMILES string of the molecule is CC(C)[C@H](NC(=O)N(C)NC(=O)OCc1ccccc1)C(=O)n1nnc2ccccc21. The highest BCUT2D eigenvalue weighted by Gasteiger charge is 2.29. The maximum absolute atomic E-state index is 13.0. The number of benzene rings is 2. The number of ether oxygens (including phenoxy) is 1. The highest BCUT2D eigenvalue weighted by Crippen LogP contribution is 2.13. The van der Waals surface area contributed by atoms with Gasteiger partial charge in [-0.2, -0.15) is 4.68 Å². The van der Waals surface area contributed by atoms with Gasteiger partial charge in [0.2, 0.25) is 0 Å². The zero-order valence-corrected chi connectivity index (χ0v) is 17.5. The van der Waals surface area contributed by atoms with Crippen LogP contribution in [0.5, 0.6) is 0 Å². The first-order valence-electron chi connectivity index (χ1n) is 9.73. The third kappa shape index (κ3) is 5.35. The molecule has 10 heteroatoms. The number of carbonyl (C=O) groups excluding carboxylic acids is 3. The van der Waals surface area contributed by atoms with Crippen molar-refractivity contribution in [1.82, 2.24) is 30.7 Å². The maximum Gasteiger partial charge on any atom is 0.426 e. The van der Waals surface area contributed by atoms with E-state index in [2.05, 4.69) is 21.1 Å². The third-order valence-corrected chi connectivity index (χ3v) is 4.55. The largest absolute Gasteiger partial charge is 0.443 e. The Morgan fingerprint density at radius 1 is 1.06 bits per heavy atom. The monoisotopic (exact) mass is 424 g/mol. The number of nitrogens with zero attached hydrogens (tertiary/aromatic N) is 4. The molecular weight excluding hydrogens is 400 g/mol. The Balaban J connectivity index is 1.60. The molecule has 0 saturated heterocycles. The van der Waals surface area contributed by atoms with Gasteiger partial charge in [-0.3, -0.25) is 4.79 Å². The molecule has 0 bridgehead atoms. The van der Waals surface area contributed by atoms with Crippen LogP contribution in [-0.2, 0) is 11.3 Å². The zero-order valence-electron chi connectivity index (χ0n) is 17.5. The van der Waals surface area contributed by atoms with Gasteiger partial charge in [0.1, 0.15) is 18.2 Å². The summed E-state index contributed by atoms with van der Waals surface area (Å²) in [7, 11) is 1.35. The second kappa shape index (κ2) is 9.70. The van der Waals surface area contributed by atoms with E-state index in [-0.39, 0.29) is 12.5 Å². The van der Waals surface area contributed by atoms with Crippen molar-refractivity contribution in [3.8, 4) is 0 Å². The summed E-state index contributed by atoms with van der Waals surface area (Å²) in [6.07, 6.45) is -0.795. The number of aromatic nitrogens is 3. The number of carbonyl (C=O) groups is 3. The predicted octanol–water partition coefficient (Wildman–Crippen LogP) is 2.58. The van der Waals surface area contributed by atoms with E-state index < -0.39 is 24.1 Å². The van der Waals surface area contributed by atoms with E-state index in [0.29, 0.717) is 11.0 Å². The van der Waals surface area contributed by atoms with Gasteiger partial charge in [0.25, 0.3) is 5.91 Å². The van der Waals surface area contributed by atoms with Gasteiger partial charge >= 0.3 is 12.1 Å². The molecule has 2 aromatic carbocycles. The van der Waals surface area contributed by atoms with Gasteiger partial charge in [0.05, 0.1) is 5.52 Å². The van der Waals surface area contributed by atoms with Gasteiger partial charge in [-0.15, -0.1) is 5.10 Å². The summed E-state index contributed by atoms with van der Waals surface area (Å²) in [6.45, 7) is 3.65. The van der Waals surface area contributed by atoms with Gasteiger partial charge in [0, 0.05) is 7.05 Å². The summed E-state index contributed by atoms with van der Waals surface area (Å²) < 4.78 is 6.26. The summed E-state index contributed by atoms with van der Waals surface area (Å²) in [6, 6.07) is 14.6. The van der Waals surface area contributed by atoms with Gasteiger partial charge in [0.15, 0.2) is 0 Å². The van der Waals surface area contributed by atoms with E-state index in [4.69, 9.17) is 4.74 Å². The third-order valence-electron chi connectivity index (χ3n) is 4.55. The molecule has 0 aliphatic rings. The number of rotatable bonds is 5. The van der Waals surface area contributed by atoms with Crippen LogP contribution in [0.25, 0.3) is 11.0 Å². The molecule has 0 aliphatic heterocycles. The number of nitrogens with one attached hydrogen (secondary N) is 2. The molecule has 1 aromatic heterocycles. The molecule has 0 fully saturated rings. The van der Waals surface area contributed by atoms with Gasteiger partial charge in [-0.1, -0.05) is 61.5 Å². The van der Waals surface area contributed by atoms with E-state index in [1.807, 2.05) is 30.3 Å². The van der Waals surface area contributed by atoms with Crippen molar-refractivity contribution in [1.29, 1.82) is 0 Å². The molecule has 0 radical (unpaired) electrons. The van der Waals surface area contributed by atoms with Crippen LogP contribution in [0, 0.1) is 5.92 Å². The van der Waals surface area contributed by atoms with Crippen molar-refractivity contribution < 1.29 is 19.1 Å². The standard InChI is InChI=1S/C21H24N6O4/c1-14(2)18(19(28)27-17-12-8-7-11-16(17)23-25-27)22-20(29)26(3)24-21(30)31-13-15-9-5-4-6-10-15/h4-12,14,18H,13H2,1-3H3,(H,22,29)(H,24,30)/t18-/m0/s1. The average Bonchev–Trinajstić information content (AvgIpc) is 3.20. The highest BCUT2D eigenvalue weighted by atomic mass is 16.6. The first kappa shape index (κ1) is 21.8. The maximum atomic E-state index is 13.0. The van der Waals surface area contributed by atoms with Crippen LogP contribution < -0.4 is 10.7 Å². The van der Waals surface area contributed by atoms with Crippen LogP contribution in [0.4, 0.5) is 9.59 Å². The fourth-order valence-corrected chi connectivity index (χ4v) is 2.85. The lowest BCUT2D eigenvalue weighted by atomic mass is 10.0. The molecule has 3 aromatic rings. The lowest BCUT2D eigenvalue weighted by Gasteiger charge is -2.25. The summed E-state index contributed by atoms with van der Waals surface area (Å²) in [5.41, 5.74) is 4.25. The highest BCUT2D eigenvalue weighted by molar-refractivity contribution is 5.94. The Bertz CT molecular complexity index is 1070. The van der Waals surface area contributed by atoms with Crippen LogP contribution >= 0.6 is 0 Å². The first-order chi connectivity index (χ1) is 14.9. The van der Waals surface area contributed by atoms with Crippen molar-refractivity contribution in [2.45, 2.75) is 26.5 Å². The Morgan fingerprint density at radius 3 is 2.45 bits per heavy atom. The quantitative estimate of drug-likeness (QED) is 0.608. The van der Waals surface area contributed by atoms with Crippen molar-refractivity contribution in [2.75, 3.05) is 7.05 Å². The average molecular weight is 424 g/mol. The Morgan fingerprint density at radius 2 is 1.74 bits per heavy atom. The number of hydrogen-bond donors (Lipinski definition) is 2. The fraction of sp³-hybridized carbons (Fsp3) is 0.286. The van der Waals surface area contributed by atoms with Gasteiger partial charge in [-0.05, 0) is 23.6 Å². The topological polar surface area (TPSA) is 118 Å². The number of hydrazine groups is 1. The molecule has 162 valence electrons. The van der Waals surface area contributed by atoms with Crippen molar-refractivity contribution in [3.63, 3.8) is 0 Å². The fourth-order valence-electron chi connectivity index (χ4n) is 2.85. The predicted molar refractivity (Wildman–Crippen MR) is 113 cm³/mol. The minimum Gasteiger partial charge on any atom is -0.443 e. The molecule has 0 aliphatic carbocycles.